The van der Waals surface area contributed by atoms with Crippen molar-refractivity contribution in [1.29, 1.82) is 0 Å². The van der Waals surface area contributed by atoms with Crippen LogP contribution in [0, 0.1) is 0 Å². The van der Waals surface area contributed by atoms with Crippen LogP contribution < -0.4 is 10.5 Å². The number of carbonyl (C=O) groups is 1. The Hall–Kier alpha value is -2.96. The summed E-state index contributed by atoms with van der Waals surface area (Å²) in [6, 6.07) is 1.97. The number of aryl methyl sites for hydroxylation is 1. The second-order valence-electron chi connectivity index (χ2n) is 6.24. The lowest BCUT2D eigenvalue weighted by Gasteiger charge is -2.45. The first-order valence-corrected chi connectivity index (χ1v) is 8.79. The SMILES string of the molecule is C=CC(=O)N1CC(N(CC)c2cc(-c3cncc(CC)n3)c[nH]c2=O)C1. The molecule has 0 spiro atoms. The molecule has 0 atom stereocenters. The Kier molecular flexibility index (Phi) is 5.16. The fourth-order valence-corrected chi connectivity index (χ4v) is 3.14. The van der Waals surface area contributed by atoms with E-state index in [2.05, 4.69) is 21.5 Å². The third-order valence-corrected chi connectivity index (χ3v) is 4.67. The molecule has 0 unspecified atom stereocenters. The molecule has 3 heterocycles. The maximum Gasteiger partial charge on any atom is 0.271 e. The molecule has 0 radical (unpaired) electrons. The molecule has 2 aromatic heterocycles. The molecule has 26 heavy (non-hydrogen) atoms. The van der Waals surface area contributed by atoms with E-state index in [0.717, 1.165) is 23.4 Å². The molecule has 2 aromatic rings. The Morgan fingerprint density at radius 2 is 2.19 bits per heavy atom. The maximum absolute atomic E-state index is 12.4. The molecule has 1 N–H and O–H groups in total. The van der Waals surface area contributed by atoms with Crippen molar-refractivity contribution in [3.05, 3.63) is 53.4 Å². The summed E-state index contributed by atoms with van der Waals surface area (Å²) in [6.07, 6.45) is 7.22. The van der Waals surface area contributed by atoms with Crippen LogP contribution >= 0.6 is 0 Å². The number of carbonyl (C=O) groups excluding carboxylic acids is 1. The number of aromatic nitrogens is 3. The normalized spacial score (nSPS) is 14.0. The zero-order chi connectivity index (χ0) is 18.7. The summed E-state index contributed by atoms with van der Waals surface area (Å²) in [4.78, 5) is 39.4. The lowest BCUT2D eigenvalue weighted by atomic mass is 10.1. The quantitative estimate of drug-likeness (QED) is 0.798. The maximum atomic E-state index is 12.4. The van der Waals surface area contributed by atoms with Gasteiger partial charge in [-0.2, -0.15) is 0 Å². The Balaban J connectivity index is 1.88. The zero-order valence-electron chi connectivity index (χ0n) is 15.1. The average molecular weight is 353 g/mol. The molecule has 0 bridgehead atoms. The van der Waals surface area contributed by atoms with Crippen molar-refractivity contribution in [3.63, 3.8) is 0 Å². The van der Waals surface area contributed by atoms with Crippen molar-refractivity contribution in [1.82, 2.24) is 19.9 Å². The summed E-state index contributed by atoms with van der Waals surface area (Å²) in [7, 11) is 0. The van der Waals surface area contributed by atoms with Crippen LogP contribution in [0.15, 0.2) is 42.1 Å². The number of hydrogen-bond acceptors (Lipinski definition) is 5. The predicted octanol–water partition coefficient (Wildman–Crippen LogP) is 1.62. The van der Waals surface area contributed by atoms with Gasteiger partial charge in [-0.05, 0) is 25.5 Å². The minimum Gasteiger partial charge on any atom is -0.361 e. The van der Waals surface area contributed by atoms with E-state index >= 15 is 0 Å². The largest absolute Gasteiger partial charge is 0.361 e. The third-order valence-electron chi connectivity index (χ3n) is 4.67. The van der Waals surface area contributed by atoms with E-state index in [4.69, 9.17) is 0 Å². The molecule has 1 aliphatic rings. The van der Waals surface area contributed by atoms with Crippen LogP contribution in [0.3, 0.4) is 0 Å². The Morgan fingerprint density at radius 3 is 2.85 bits per heavy atom. The zero-order valence-corrected chi connectivity index (χ0v) is 15.1. The molecule has 1 aliphatic heterocycles. The highest BCUT2D eigenvalue weighted by molar-refractivity contribution is 5.87. The van der Waals surface area contributed by atoms with Gasteiger partial charge in [-0.25, -0.2) is 4.98 Å². The monoisotopic (exact) mass is 353 g/mol. The fraction of sp³-hybridized carbons (Fsp3) is 0.368. The van der Waals surface area contributed by atoms with Gasteiger partial charge in [-0.15, -0.1) is 0 Å². The molecule has 1 amide bonds. The topological polar surface area (TPSA) is 82.2 Å². The molecule has 1 saturated heterocycles. The molecule has 1 fully saturated rings. The van der Waals surface area contributed by atoms with Crippen molar-refractivity contribution >= 4 is 11.6 Å². The highest BCUT2D eigenvalue weighted by Gasteiger charge is 2.34. The molecule has 0 saturated carbocycles. The number of H-pyrrole nitrogens is 1. The van der Waals surface area contributed by atoms with Crippen LogP contribution in [-0.4, -0.2) is 51.4 Å². The van der Waals surface area contributed by atoms with Gasteiger partial charge in [0.05, 0.1) is 23.6 Å². The molecule has 0 aliphatic carbocycles. The third kappa shape index (κ3) is 3.37. The van der Waals surface area contributed by atoms with Gasteiger partial charge in [0, 0.05) is 37.6 Å². The van der Waals surface area contributed by atoms with E-state index in [1.165, 1.54) is 6.08 Å². The van der Waals surface area contributed by atoms with Crippen molar-refractivity contribution in [2.24, 2.45) is 0 Å². The second kappa shape index (κ2) is 7.51. The summed E-state index contributed by atoms with van der Waals surface area (Å²) in [5.41, 5.74) is 2.89. The van der Waals surface area contributed by atoms with E-state index in [1.807, 2.05) is 24.8 Å². The number of likely N-dealkylation sites (N-methyl/N-ethyl adjacent to an activating group) is 1. The Labute approximate surface area is 152 Å². The molecule has 0 aromatic carbocycles. The van der Waals surface area contributed by atoms with Crippen LogP contribution in [0.4, 0.5) is 5.69 Å². The van der Waals surface area contributed by atoms with Crippen LogP contribution in [0.1, 0.15) is 19.5 Å². The van der Waals surface area contributed by atoms with Crippen LogP contribution in [-0.2, 0) is 11.2 Å². The lowest BCUT2D eigenvalue weighted by Crippen LogP contribution is -2.61. The number of nitrogens with zero attached hydrogens (tertiary/aromatic N) is 4. The van der Waals surface area contributed by atoms with Crippen molar-refractivity contribution < 1.29 is 4.79 Å². The average Bonchev–Trinajstić information content (AvgIpc) is 2.64. The molecule has 3 rings (SSSR count). The first-order chi connectivity index (χ1) is 12.6. The number of amides is 1. The minimum absolute atomic E-state index is 0.0772. The summed E-state index contributed by atoms with van der Waals surface area (Å²) in [6.45, 7) is 9.40. The predicted molar refractivity (Wildman–Crippen MR) is 101 cm³/mol. The van der Waals surface area contributed by atoms with Gasteiger partial charge in [-0.1, -0.05) is 13.5 Å². The number of anilines is 1. The molecule has 136 valence electrons. The number of pyridine rings is 1. The standard InChI is InChI=1S/C19H23N5O2/c1-4-14-9-20-10-16(22-14)13-7-17(19(26)21-8-13)24(6-3)15-11-23(12-15)18(25)5-2/h5,7-10,15H,2,4,6,11-12H2,1,3H3,(H,21,26). The van der Waals surface area contributed by atoms with Gasteiger partial charge in [0.15, 0.2) is 0 Å². The van der Waals surface area contributed by atoms with Crippen LogP contribution in [0.2, 0.25) is 0 Å². The van der Waals surface area contributed by atoms with Crippen LogP contribution in [0.25, 0.3) is 11.3 Å². The Morgan fingerprint density at radius 1 is 1.42 bits per heavy atom. The highest BCUT2D eigenvalue weighted by Crippen LogP contribution is 2.24. The van der Waals surface area contributed by atoms with E-state index in [1.54, 1.807) is 23.5 Å². The Bertz CT molecular complexity index is 870. The van der Waals surface area contributed by atoms with E-state index in [9.17, 15) is 9.59 Å². The van der Waals surface area contributed by atoms with Gasteiger partial charge < -0.3 is 14.8 Å². The van der Waals surface area contributed by atoms with E-state index in [0.29, 0.717) is 25.3 Å². The van der Waals surface area contributed by atoms with Crippen molar-refractivity contribution in [3.8, 4) is 11.3 Å². The van der Waals surface area contributed by atoms with Gasteiger partial charge in [0.2, 0.25) is 5.91 Å². The van der Waals surface area contributed by atoms with Gasteiger partial charge in [0.1, 0.15) is 5.69 Å². The summed E-state index contributed by atoms with van der Waals surface area (Å²) < 4.78 is 0. The molecule has 7 heteroatoms. The molecule has 7 nitrogen and oxygen atoms in total. The number of nitrogens with one attached hydrogen (secondary N) is 1. The smallest absolute Gasteiger partial charge is 0.271 e. The van der Waals surface area contributed by atoms with Gasteiger partial charge in [0.25, 0.3) is 5.56 Å². The van der Waals surface area contributed by atoms with Crippen LogP contribution in [0.5, 0.6) is 0 Å². The fourth-order valence-electron chi connectivity index (χ4n) is 3.14. The summed E-state index contributed by atoms with van der Waals surface area (Å²) >= 11 is 0. The molecular formula is C19H23N5O2. The molecular weight excluding hydrogens is 330 g/mol. The van der Waals surface area contributed by atoms with Crippen molar-refractivity contribution in [2.75, 3.05) is 24.5 Å². The second-order valence-corrected chi connectivity index (χ2v) is 6.24. The first kappa shape index (κ1) is 17.8. The lowest BCUT2D eigenvalue weighted by molar-refractivity contribution is -0.130. The highest BCUT2D eigenvalue weighted by atomic mass is 16.2. The number of likely N-dealkylation sites (tertiary alicyclic amines) is 1. The number of rotatable bonds is 6. The summed E-state index contributed by atoms with van der Waals surface area (Å²) in [5, 5.41) is 0. The van der Waals surface area contributed by atoms with E-state index < -0.39 is 0 Å². The number of hydrogen-bond donors (Lipinski definition) is 1. The van der Waals surface area contributed by atoms with E-state index in [-0.39, 0.29) is 17.5 Å². The van der Waals surface area contributed by atoms with Gasteiger partial charge >= 0.3 is 0 Å². The van der Waals surface area contributed by atoms with Crippen molar-refractivity contribution in [2.45, 2.75) is 26.3 Å². The first-order valence-electron chi connectivity index (χ1n) is 8.79. The minimum atomic E-state index is -0.149. The summed E-state index contributed by atoms with van der Waals surface area (Å²) in [5.74, 6) is -0.0772. The number of aromatic amines is 1. The van der Waals surface area contributed by atoms with Gasteiger partial charge in [-0.3, -0.25) is 14.6 Å².